The van der Waals surface area contributed by atoms with Gasteiger partial charge in [0.2, 0.25) is 5.16 Å². The molecule has 0 radical (unpaired) electrons. The Balaban J connectivity index is 1.52. The van der Waals surface area contributed by atoms with E-state index in [-0.39, 0.29) is 5.56 Å². The van der Waals surface area contributed by atoms with Gasteiger partial charge in [-0.2, -0.15) is 4.68 Å². The predicted octanol–water partition coefficient (Wildman–Crippen LogP) is 3.91. The molecule has 0 saturated heterocycles. The molecule has 0 spiro atoms. The molecule has 5 aromatic rings. The third-order valence-corrected chi connectivity index (χ3v) is 6.38. The Morgan fingerprint density at radius 2 is 1.68 bits per heavy atom. The van der Waals surface area contributed by atoms with E-state index in [0.717, 1.165) is 11.4 Å². The van der Waals surface area contributed by atoms with E-state index in [9.17, 15) is 4.79 Å². The van der Waals surface area contributed by atoms with Gasteiger partial charge in [0, 0.05) is 12.8 Å². The summed E-state index contributed by atoms with van der Waals surface area (Å²) in [6.45, 7) is 1.90. The molecule has 0 N–H and O–H groups in total. The normalized spacial score (nSPS) is 11.3. The molecule has 154 valence electrons. The number of tetrazole rings is 1. The molecule has 0 aliphatic heterocycles. The molecular weight excluding hydrogens is 408 g/mol. The Morgan fingerprint density at radius 1 is 0.935 bits per heavy atom. The van der Waals surface area contributed by atoms with E-state index in [2.05, 4.69) is 45.9 Å². The van der Waals surface area contributed by atoms with Crippen molar-refractivity contribution in [1.29, 1.82) is 0 Å². The van der Waals surface area contributed by atoms with Gasteiger partial charge in [0.15, 0.2) is 5.69 Å². The lowest BCUT2D eigenvalue weighted by molar-refractivity contribution is 0.630. The quantitative estimate of drug-likeness (QED) is 0.397. The molecule has 0 saturated carbocycles. The van der Waals surface area contributed by atoms with Crippen molar-refractivity contribution in [3.8, 4) is 11.4 Å². The predicted molar refractivity (Wildman–Crippen MR) is 122 cm³/mol. The zero-order valence-electron chi connectivity index (χ0n) is 17.1. The molecular formula is C23H20N6OS. The van der Waals surface area contributed by atoms with E-state index in [4.69, 9.17) is 0 Å². The second-order valence-corrected chi connectivity index (χ2v) is 8.15. The minimum Gasteiger partial charge on any atom is -0.283 e. The lowest BCUT2D eigenvalue weighted by Gasteiger charge is -2.07. The number of benzene rings is 3. The van der Waals surface area contributed by atoms with Gasteiger partial charge < -0.3 is 0 Å². The Bertz CT molecular complexity index is 1430. The molecule has 7 nitrogen and oxygen atoms in total. The van der Waals surface area contributed by atoms with Crippen molar-refractivity contribution >= 4 is 22.5 Å². The standard InChI is InChI=1S/C23H20N6OS/c1-16-21(22(30)29(27(16)2)19-12-4-3-5-13-19)28-23(24-25-26-28)31-15-18-11-8-10-17-9-6-7-14-20(17)18/h3-14H,15H2,1-2H3. The summed E-state index contributed by atoms with van der Waals surface area (Å²) in [5.41, 5.74) is 3.07. The fourth-order valence-electron chi connectivity index (χ4n) is 3.77. The summed E-state index contributed by atoms with van der Waals surface area (Å²) in [5.74, 6) is 0.695. The van der Waals surface area contributed by atoms with E-state index in [1.54, 1.807) is 9.36 Å². The monoisotopic (exact) mass is 428 g/mol. The SMILES string of the molecule is Cc1c(-n2nnnc2SCc2cccc3ccccc23)c(=O)n(-c2ccccc2)n1C. The van der Waals surface area contributed by atoms with Gasteiger partial charge in [-0.25, -0.2) is 4.68 Å². The summed E-state index contributed by atoms with van der Waals surface area (Å²) in [4.78, 5) is 13.3. The van der Waals surface area contributed by atoms with Crippen LogP contribution in [-0.4, -0.2) is 29.6 Å². The van der Waals surface area contributed by atoms with Crippen molar-refractivity contribution in [2.75, 3.05) is 0 Å². The number of rotatable bonds is 5. The number of hydrogen-bond donors (Lipinski definition) is 0. The summed E-state index contributed by atoms with van der Waals surface area (Å²) in [6, 6.07) is 24.1. The molecule has 0 unspecified atom stereocenters. The molecule has 0 fully saturated rings. The van der Waals surface area contributed by atoms with Crippen molar-refractivity contribution in [2.24, 2.45) is 7.05 Å². The van der Waals surface area contributed by atoms with Crippen LogP contribution < -0.4 is 5.56 Å². The van der Waals surface area contributed by atoms with E-state index in [1.165, 1.54) is 28.1 Å². The number of thioether (sulfide) groups is 1. The Morgan fingerprint density at radius 3 is 2.52 bits per heavy atom. The van der Waals surface area contributed by atoms with Gasteiger partial charge in [0.05, 0.1) is 11.4 Å². The lowest BCUT2D eigenvalue weighted by atomic mass is 10.1. The summed E-state index contributed by atoms with van der Waals surface area (Å²) in [7, 11) is 1.86. The summed E-state index contributed by atoms with van der Waals surface area (Å²) < 4.78 is 5.01. The fourth-order valence-corrected chi connectivity index (χ4v) is 4.65. The first-order valence-electron chi connectivity index (χ1n) is 9.87. The summed E-state index contributed by atoms with van der Waals surface area (Å²) >= 11 is 1.51. The number of nitrogens with zero attached hydrogens (tertiary/aromatic N) is 6. The van der Waals surface area contributed by atoms with E-state index < -0.39 is 0 Å². The second kappa shape index (κ2) is 7.88. The number of hydrogen-bond acceptors (Lipinski definition) is 5. The van der Waals surface area contributed by atoms with E-state index in [1.807, 2.05) is 61.1 Å². The average molecular weight is 429 g/mol. The van der Waals surface area contributed by atoms with Crippen molar-refractivity contribution in [2.45, 2.75) is 17.8 Å². The van der Waals surface area contributed by atoms with Gasteiger partial charge in [0.1, 0.15) is 0 Å². The minimum atomic E-state index is -0.162. The molecule has 0 amide bonds. The maximum Gasteiger partial charge on any atom is 0.297 e. The second-order valence-electron chi connectivity index (χ2n) is 7.21. The van der Waals surface area contributed by atoms with Crippen molar-refractivity contribution in [3.05, 3.63) is 94.4 Å². The van der Waals surface area contributed by atoms with Crippen LogP contribution in [-0.2, 0) is 12.8 Å². The molecule has 31 heavy (non-hydrogen) atoms. The van der Waals surface area contributed by atoms with Crippen LogP contribution >= 0.6 is 11.8 Å². The van der Waals surface area contributed by atoms with E-state index in [0.29, 0.717) is 16.6 Å². The maximum absolute atomic E-state index is 13.3. The van der Waals surface area contributed by atoms with Crippen LogP contribution in [0.4, 0.5) is 0 Å². The van der Waals surface area contributed by atoms with Gasteiger partial charge in [0.25, 0.3) is 5.56 Å². The topological polar surface area (TPSA) is 70.5 Å². The molecule has 0 bridgehead atoms. The van der Waals surface area contributed by atoms with Gasteiger partial charge in [-0.15, -0.1) is 5.10 Å². The highest BCUT2D eigenvalue weighted by atomic mass is 32.2. The molecule has 8 heteroatoms. The minimum absolute atomic E-state index is 0.162. The Labute approximate surface area is 182 Å². The van der Waals surface area contributed by atoms with Gasteiger partial charge in [-0.3, -0.25) is 9.48 Å². The molecule has 0 atom stereocenters. The van der Waals surface area contributed by atoms with Crippen LogP contribution in [0.5, 0.6) is 0 Å². The van der Waals surface area contributed by atoms with Crippen LogP contribution in [0.25, 0.3) is 22.1 Å². The first-order valence-corrected chi connectivity index (χ1v) is 10.9. The van der Waals surface area contributed by atoms with Crippen LogP contribution in [0.2, 0.25) is 0 Å². The van der Waals surface area contributed by atoms with Crippen molar-refractivity contribution < 1.29 is 0 Å². The molecule has 5 rings (SSSR count). The molecule has 3 aromatic carbocycles. The number of fused-ring (bicyclic) bond motifs is 1. The Hall–Kier alpha value is -3.65. The van der Waals surface area contributed by atoms with Crippen LogP contribution in [0.3, 0.4) is 0 Å². The Kier molecular flexibility index (Phi) is 4.91. The van der Waals surface area contributed by atoms with Gasteiger partial charge in [-0.1, -0.05) is 72.4 Å². The number of aromatic nitrogens is 6. The highest BCUT2D eigenvalue weighted by Crippen LogP contribution is 2.27. The zero-order chi connectivity index (χ0) is 21.4. The third-order valence-electron chi connectivity index (χ3n) is 5.41. The first-order chi connectivity index (χ1) is 15.1. The van der Waals surface area contributed by atoms with Crippen LogP contribution in [0.1, 0.15) is 11.3 Å². The first kappa shape index (κ1) is 19.3. The smallest absolute Gasteiger partial charge is 0.283 e. The van der Waals surface area contributed by atoms with E-state index >= 15 is 0 Å². The largest absolute Gasteiger partial charge is 0.297 e. The van der Waals surface area contributed by atoms with Crippen molar-refractivity contribution in [1.82, 2.24) is 29.6 Å². The molecule has 2 heterocycles. The highest BCUT2D eigenvalue weighted by molar-refractivity contribution is 7.98. The van der Waals surface area contributed by atoms with Crippen LogP contribution in [0, 0.1) is 6.92 Å². The van der Waals surface area contributed by atoms with Crippen molar-refractivity contribution in [3.63, 3.8) is 0 Å². The molecule has 0 aliphatic rings. The zero-order valence-corrected chi connectivity index (χ0v) is 18.0. The highest BCUT2D eigenvalue weighted by Gasteiger charge is 2.22. The van der Waals surface area contributed by atoms with Gasteiger partial charge >= 0.3 is 0 Å². The average Bonchev–Trinajstić information content (AvgIpc) is 3.34. The summed E-state index contributed by atoms with van der Waals surface area (Å²) in [6.07, 6.45) is 0. The van der Waals surface area contributed by atoms with Gasteiger partial charge in [-0.05, 0) is 45.8 Å². The fraction of sp³-hybridized carbons (Fsp3) is 0.130. The van der Waals surface area contributed by atoms with Crippen LogP contribution in [0.15, 0.2) is 82.7 Å². The summed E-state index contributed by atoms with van der Waals surface area (Å²) in [5, 5.41) is 15.2. The third kappa shape index (κ3) is 3.34. The number of para-hydroxylation sites is 1. The maximum atomic E-state index is 13.3. The molecule has 0 aliphatic carbocycles. The molecule has 2 aromatic heterocycles. The lowest BCUT2D eigenvalue weighted by Crippen LogP contribution is -2.22.